The van der Waals surface area contributed by atoms with Crippen LogP contribution in [0.4, 0.5) is 5.95 Å². The molecule has 2 aromatic heterocycles. The Labute approximate surface area is 115 Å². The van der Waals surface area contributed by atoms with Crippen LogP contribution in [0, 0.1) is 6.92 Å². The molecule has 2 rings (SSSR count). The number of nitrogens with one attached hydrogen (secondary N) is 2. The van der Waals surface area contributed by atoms with E-state index in [4.69, 9.17) is 16.3 Å². The Balaban J connectivity index is 2.03. The van der Waals surface area contributed by atoms with Gasteiger partial charge in [0.25, 0.3) is 0 Å². The van der Waals surface area contributed by atoms with Crippen LogP contribution >= 0.6 is 11.6 Å². The first-order chi connectivity index (χ1) is 9.19. The minimum Gasteiger partial charge on any atom is -0.463 e. The van der Waals surface area contributed by atoms with E-state index in [1.807, 2.05) is 13.8 Å². The fraction of sp³-hybridized carbons (Fsp3) is 0.455. The van der Waals surface area contributed by atoms with Crippen molar-refractivity contribution in [3.8, 4) is 6.01 Å². The van der Waals surface area contributed by atoms with Crippen LogP contribution in [0.3, 0.4) is 0 Å². The number of anilines is 1. The average molecular weight is 283 g/mol. The molecule has 0 atom stereocenters. The second-order valence-corrected chi connectivity index (χ2v) is 4.27. The Morgan fingerprint density at radius 3 is 2.89 bits per heavy atom. The first kappa shape index (κ1) is 13.5. The van der Waals surface area contributed by atoms with Crippen LogP contribution in [0.15, 0.2) is 6.20 Å². The predicted molar refractivity (Wildman–Crippen MR) is 71.3 cm³/mol. The molecule has 0 amide bonds. The van der Waals surface area contributed by atoms with Crippen molar-refractivity contribution in [2.75, 3.05) is 11.9 Å². The monoisotopic (exact) mass is 282 g/mol. The second-order valence-electron chi connectivity index (χ2n) is 3.93. The molecule has 0 saturated heterocycles. The quantitative estimate of drug-likeness (QED) is 0.842. The van der Waals surface area contributed by atoms with Crippen molar-refractivity contribution in [1.29, 1.82) is 0 Å². The molecule has 0 unspecified atom stereocenters. The molecule has 7 nitrogen and oxygen atoms in total. The van der Waals surface area contributed by atoms with Gasteiger partial charge in [0, 0.05) is 17.8 Å². The summed E-state index contributed by atoms with van der Waals surface area (Å²) in [5, 5.41) is 9.97. The smallest absolute Gasteiger partial charge is 0.322 e. The number of aromatic amines is 1. The van der Waals surface area contributed by atoms with Gasteiger partial charge < -0.3 is 10.1 Å². The number of rotatable bonds is 6. The standard InChI is InChI=1S/C11H15ClN6O/c1-3-4-19-11-16-9(12)15-10(17-11)13-5-8-6-14-18-7(8)2/h6H,3-5H2,1-2H3,(H,14,18)(H,13,15,16,17). The summed E-state index contributed by atoms with van der Waals surface area (Å²) in [6.07, 6.45) is 2.62. The number of hydrogen-bond acceptors (Lipinski definition) is 6. The van der Waals surface area contributed by atoms with Gasteiger partial charge in [0.2, 0.25) is 11.2 Å². The zero-order chi connectivity index (χ0) is 13.7. The van der Waals surface area contributed by atoms with E-state index in [9.17, 15) is 0 Å². The minimum absolute atomic E-state index is 0.104. The van der Waals surface area contributed by atoms with Crippen LogP contribution in [0.2, 0.25) is 5.28 Å². The maximum atomic E-state index is 5.82. The third-order valence-corrected chi connectivity index (χ3v) is 2.56. The van der Waals surface area contributed by atoms with Gasteiger partial charge in [0.05, 0.1) is 12.8 Å². The van der Waals surface area contributed by atoms with Gasteiger partial charge in [-0.3, -0.25) is 5.10 Å². The maximum absolute atomic E-state index is 5.82. The predicted octanol–water partition coefficient (Wildman–Crippen LogP) is 1.96. The Morgan fingerprint density at radius 2 is 2.21 bits per heavy atom. The number of aryl methyl sites for hydroxylation is 1. The van der Waals surface area contributed by atoms with E-state index in [0.29, 0.717) is 19.1 Å². The number of H-pyrrole nitrogens is 1. The Morgan fingerprint density at radius 1 is 1.37 bits per heavy atom. The lowest BCUT2D eigenvalue weighted by Crippen LogP contribution is -2.07. The van der Waals surface area contributed by atoms with Crippen molar-refractivity contribution in [3.05, 3.63) is 22.7 Å². The minimum atomic E-state index is 0.104. The molecule has 0 saturated carbocycles. The van der Waals surface area contributed by atoms with Crippen molar-refractivity contribution >= 4 is 17.5 Å². The molecule has 8 heteroatoms. The van der Waals surface area contributed by atoms with Crippen molar-refractivity contribution in [2.45, 2.75) is 26.8 Å². The molecular formula is C11H15ClN6O. The van der Waals surface area contributed by atoms with Crippen molar-refractivity contribution in [1.82, 2.24) is 25.1 Å². The normalized spacial score (nSPS) is 10.5. The van der Waals surface area contributed by atoms with E-state index < -0.39 is 0 Å². The molecular weight excluding hydrogens is 268 g/mol. The number of ether oxygens (including phenoxy) is 1. The van der Waals surface area contributed by atoms with E-state index in [1.54, 1.807) is 6.20 Å². The molecule has 19 heavy (non-hydrogen) atoms. The van der Waals surface area contributed by atoms with Gasteiger partial charge >= 0.3 is 6.01 Å². The average Bonchev–Trinajstić information content (AvgIpc) is 2.79. The van der Waals surface area contributed by atoms with Gasteiger partial charge in [-0.15, -0.1) is 0 Å². The Hall–Kier alpha value is -1.89. The molecule has 102 valence electrons. The highest BCUT2D eigenvalue weighted by Gasteiger charge is 2.07. The maximum Gasteiger partial charge on any atom is 0.322 e. The summed E-state index contributed by atoms with van der Waals surface area (Å²) < 4.78 is 5.33. The first-order valence-electron chi connectivity index (χ1n) is 5.96. The van der Waals surface area contributed by atoms with Crippen molar-refractivity contribution in [2.24, 2.45) is 0 Å². The largest absolute Gasteiger partial charge is 0.463 e. The fourth-order valence-electron chi connectivity index (χ4n) is 1.40. The fourth-order valence-corrected chi connectivity index (χ4v) is 1.55. The summed E-state index contributed by atoms with van der Waals surface area (Å²) in [6.45, 7) is 5.04. The number of nitrogens with zero attached hydrogens (tertiary/aromatic N) is 4. The van der Waals surface area contributed by atoms with E-state index in [0.717, 1.165) is 17.7 Å². The van der Waals surface area contributed by atoms with E-state index in [1.165, 1.54) is 0 Å². The van der Waals surface area contributed by atoms with Gasteiger partial charge in [0.1, 0.15) is 0 Å². The highest BCUT2D eigenvalue weighted by atomic mass is 35.5. The molecule has 0 radical (unpaired) electrons. The lowest BCUT2D eigenvalue weighted by molar-refractivity contribution is 0.291. The SMILES string of the molecule is CCCOc1nc(Cl)nc(NCc2cn[nH]c2C)n1. The van der Waals surface area contributed by atoms with Gasteiger partial charge in [-0.2, -0.15) is 20.1 Å². The molecule has 0 aliphatic carbocycles. The Bertz CT molecular complexity index is 544. The molecule has 2 N–H and O–H groups in total. The number of aromatic nitrogens is 5. The van der Waals surface area contributed by atoms with Crippen molar-refractivity contribution in [3.63, 3.8) is 0 Å². The number of halogens is 1. The third kappa shape index (κ3) is 3.78. The Kier molecular flexibility index (Phi) is 4.51. The molecule has 2 heterocycles. The summed E-state index contributed by atoms with van der Waals surface area (Å²) in [5.41, 5.74) is 2.03. The summed E-state index contributed by atoms with van der Waals surface area (Å²) in [6, 6.07) is 0.230. The summed E-state index contributed by atoms with van der Waals surface area (Å²) in [4.78, 5) is 12.0. The molecule has 0 bridgehead atoms. The van der Waals surface area contributed by atoms with E-state index in [-0.39, 0.29) is 11.3 Å². The van der Waals surface area contributed by atoms with Gasteiger partial charge in [-0.05, 0) is 24.9 Å². The van der Waals surface area contributed by atoms with Crippen LogP contribution < -0.4 is 10.1 Å². The second kappa shape index (κ2) is 6.33. The van der Waals surface area contributed by atoms with Gasteiger partial charge in [-0.25, -0.2) is 0 Å². The van der Waals surface area contributed by atoms with Crippen LogP contribution in [-0.2, 0) is 6.54 Å². The topological polar surface area (TPSA) is 88.6 Å². The van der Waals surface area contributed by atoms with Crippen LogP contribution in [0.25, 0.3) is 0 Å². The van der Waals surface area contributed by atoms with Crippen LogP contribution in [0.5, 0.6) is 6.01 Å². The van der Waals surface area contributed by atoms with E-state index in [2.05, 4.69) is 30.5 Å². The molecule has 0 aromatic carbocycles. The van der Waals surface area contributed by atoms with Gasteiger partial charge in [-0.1, -0.05) is 6.92 Å². The summed E-state index contributed by atoms with van der Waals surface area (Å²) in [5.74, 6) is 0.381. The summed E-state index contributed by atoms with van der Waals surface area (Å²) >= 11 is 5.82. The summed E-state index contributed by atoms with van der Waals surface area (Å²) in [7, 11) is 0. The molecule has 0 aliphatic rings. The van der Waals surface area contributed by atoms with Gasteiger partial charge in [0.15, 0.2) is 0 Å². The highest BCUT2D eigenvalue weighted by molar-refractivity contribution is 6.28. The van der Waals surface area contributed by atoms with Crippen molar-refractivity contribution < 1.29 is 4.74 Å². The van der Waals surface area contributed by atoms with E-state index >= 15 is 0 Å². The molecule has 0 fully saturated rings. The number of hydrogen-bond donors (Lipinski definition) is 2. The zero-order valence-electron chi connectivity index (χ0n) is 10.8. The molecule has 0 spiro atoms. The molecule has 2 aromatic rings. The first-order valence-corrected chi connectivity index (χ1v) is 6.34. The van der Waals surface area contributed by atoms with Crippen LogP contribution in [0.1, 0.15) is 24.6 Å². The lowest BCUT2D eigenvalue weighted by atomic mass is 10.3. The molecule has 0 aliphatic heterocycles. The lowest BCUT2D eigenvalue weighted by Gasteiger charge is -2.06. The zero-order valence-corrected chi connectivity index (χ0v) is 11.5. The van der Waals surface area contributed by atoms with Crippen LogP contribution in [-0.4, -0.2) is 31.8 Å². The third-order valence-electron chi connectivity index (χ3n) is 2.39. The highest BCUT2D eigenvalue weighted by Crippen LogP contribution is 2.13.